The molecule has 3 heterocycles. The van der Waals surface area contributed by atoms with E-state index >= 15 is 0 Å². The van der Waals surface area contributed by atoms with Gasteiger partial charge in [-0.25, -0.2) is 9.78 Å². The van der Waals surface area contributed by atoms with E-state index < -0.39 is 5.60 Å². The Morgan fingerprint density at radius 1 is 1.10 bits per heavy atom. The van der Waals surface area contributed by atoms with Crippen LogP contribution >= 0.6 is 0 Å². The SMILES string of the molecule is CC(C)(C)OC(=O)N1CCC(C(=O)N2CCCC2c2nc3ccccc3[nH]2)CC1. The highest BCUT2D eigenvalue weighted by molar-refractivity contribution is 5.80. The van der Waals surface area contributed by atoms with E-state index in [4.69, 9.17) is 9.72 Å². The topological polar surface area (TPSA) is 78.5 Å². The molecule has 2 aromatic rings. The number of amides is 2. The number of fused-ring (bicyclic) bond motifs is 1. The molecule has 7 nitrogen and oxygen atoms in total. The van der Waals surface area contributed by atoms with Crippen molar-refractivity contribution in [2.45, 2.75) is 58.1 Å². The number of piperidine rings is 1. The lowest BCUT2D eigenvalue weighted by Gasteiger charge is -2.35. The molecule has 1 unspecified atom stereocenters. The molecule has 1 N–H and O–H groups in total. The van der Waals surface area contributed by atoms with Crippen LogP contribution in [0.15, 0.2) is 24.3 Å². The average Bonchev–Trinajstić information content (AvgIpc) is 3.32. The molecule has 0 saturated carbocycles. The minimum atomic E-state index is -0.501. The van der Waals surface area contributed by atoms with Gasteiger partial charge in [0.15, 0.2) is 0 Å². The summed E-state index contributed by atoms with van der Waals surface area (Å²) in [6.07, 6.45) is 3.00. The fraction of sp³-hybridized carbons (Fsp3) is 0.591. The largest absolute Gasteiger partial charge is 0.444 e. The molecule has 0 spiro atoms. The predicted molar refractivity (Wildman–Crippen MR) is 110 cm³/mol. The maximum Gasteiger partial charge on any atom is 0.410 e. The molecular formula is C22H30N4O3. The first kappa shape index (κ1) is 19.7. The Morgan fingerprint density at radius 2 is 1.83 bits per heavy atom. The molecule has 2 fully saturated rings. The molecule has 7 heteroatoms. The number of carbonyl (C=O) groups is 2. The molecule has 4 rings (SSSR count). The second-order valence-corrected chi connectivity index (χ2v) is 9.07. The van der Waals surface area contributed by atoms with Crippen LogP contribution in [0.1, 0.15) is 58.3 Å². The Labute approximate surface area is 171 Å². The highest BCUT2D eigenvalue weighted by Crippen LogP contribution is 2.34. The van der Waals surface area contributed by atoms with Gasteiger partial charge < -0.3 is 19.5 Å². The Bertz CT molecular complexity index is 860. The maximum atomic E-state index is 13.3. The standard InChI is InChI=1S/C22H30N4O3/c1-22(2,3)29-21(28)25-13-10-15(11-14-25)20(27)26-12-6-9-18(26)19-23-16-7-4-5-8-17(16)24-19/h4-5,7-8,15,18H,6,9-14H2,1-3H3,(H,23,24). The van der Waals surface area contributed by atoms with Crippen LogP contribution in [0.4, 0.5) is 4.79 Å². The Morgan fingerprint density at radius 3 is 2.52 bits per heavy atom. The van der Waals surface area contributed by atoms with E-state index in [-0.39, 0.29) is 24.0 Å². The lowest BCUT2D eigenvalue weighted by molar-refractivity contribution is -0.138. The van der Waals surface area contributed by atoms with Gasteiger partial charge in [0.05, 0.1) is 17.1 Å². The van der Waals surface area contributed by atoms with Gasteiger partial charge in [0, 0.05) is 25.6 Å². The first-order valence-corrected chi connectivity index (χ1v) is 10.5. The average molecular weight is 399 g/mol. The van der Waals surface area contributed by atoms with Gasteiger partial charge in [0.25, 0.3) is 0 Å². The molecule has 2 aliphatic rings. The molecule has 1 atom stereocenters. The van der Waals surface area contributed by atoms with Crippen LogP contribution in [0.3, 0.4) is 0 Å². The van der Waals surface area contributed by atoms with E-state index in [1.807, 2.05) is 49.9 Å². The summed E-state index contributed by atoms with van der Waals surface area (Å²) in [6, 6.07) is 7.98. The summed E-state index contributed by atoms with van der Waals surface area (Å²) < 4.78 is 5.46. The first-order chi connectivity index (χ1) is 13.8. The molecule has 1 aromatic carbocycles. The smallest absolute Gasteiger partial charge is 0.410 e. The third-order valence-corrected chi connectivity index (χ3v) is 5.76. The number of likely N-dealkylation sites (tertiary alicyclic amines) is 2. The van der Waals surface area contributed by atoms with Crippen molar-refractivity contribution in [2.75, 3.05) is 19.6 Å². The van der Waals surface area contributed by atoms with Gasteiger partial charge in [-0.1, -0.05) is 12.1 Å². The summed E-state index contributed by atoms with van der Waals surface area (Å²) in [4.78, 5) is 37.3. The summed E-state index contributed by atoms with van der Waals surface area (Å²) in [7, 11) is 0. The number of ether oxygens (including phenoxy) is 1. The molecule has 2 saturated heterocycles. The lowest BCUT2D eigenvalue weighted by Crippen LogP contribution is -2.45. The quantitative estimate of drug-likeness (QED) is 0.833. The van der Waals surface area contributed by atoms with Crippen molar-refractivity contribution < 1.29 is 14.3 Å². The molecule has 156 valence electrons. The van der Waals surface area contributed by atoms with Gasteiger partial charge in [-0.05, 0) is 58.6 Å². The van der Waals surface area contributed by atoms with Crippen molar-refractivity contribution >= 4 is 23.0 Å². The number of rotatable bonds is 2. The van der Waals surface area contributed by atoms with E-state index in [2.05, 4.69) is 4.98 Å². The summed E-state index contributed by atoms with van der Waals surface area (Å²) in [6.45, 7) is 7.50. The molecule has 29 heavy (non-hydrogen) atoms. The van der Waals surface area contributed by atoms with Gasteiger partial charge in [-0.15, -0.1) is 0 Å². The molecule has 2 aliphatic heterocycles. The number of para-hydroxylation sites is 2. The number of aromatic nitrogens is 2. The number of aromatic amines is 1. The Hall–Kier alpha value is -2.57. The minimum absolute atomic E-state index is 0.0128. The number of hydrogen-bond donors (Lipinski definition) is 1. The number of carbonyl (C=O) groups excluding carboxylic acids is 2. The highest BCUT2D eigenvalue weighted by Gasteiger charge is 2.37. The minimum Gasteiger partial charge on any atom is -0.444 e. The Balaban J connectivity index is 1.40. The van der Waals surface area contributed by atoms with Crippen LogP contribution in [0.5, 0.6) is 0 Å². The predicted octanol–water partition coefficient (Wildman–Crippen LogP) is 3.87. The van der Waals surface area contributed by atoms with Crippen molar-refractivity contribution in [2.24, 2.45) is 5.92 Å². The second kappa shape index (κ2) is 7.69. The van der Waals surface area contributed by atoms with E-state index in [1.165, 1.54) is 0 Å². The van der Waals surface area contributed by atoms with Gasteiger partial charge >= 0.3 is 6.09 Å². The molecule has 0 bridgehead atoms. The third kappa shape index (κ3) is 4.23. The van der Waals surface area contributed by atoms with Gasteiger partial charge in [-0.2, -0.15) is 0 Å². The zero-order chi connectivity index (χ0) is 20.6. The normalized spacial score (nSPS) is 21.0. The summed E-state index contributed by atoms with van der Waals surface area (Å²) in [5, 5.41) is 0. The zero-order valence-electron chi connectivity index (χ0n) is 17.5. The maximum absolute atomic E-state index is 13.3. The summed E-state index contributed by atoms with van der Waals surface area (Å²) in [5.74, 6) is 1.03. The van der Waals surface area contributed by atoms with Crippen LogP contribution in [0.25, 0.3) is 11.0 Å². The monoisotopic (exact) mass is 398 g/mol. The number of benzene rings is 1. The molecular weight excluding hydrogens is 368 g/mol. The lowest BCUT2D eigenvalue weighted by atomic mass is 9.95. The highest BCUT2D eigenvalue weighted by atomic mass is 16.6. The van der Waals surface area contributed by atoms with Crippen molar-refractivity contribution in [3.05, 3.63) is 30.1 Å². The fourth-order valence-electron chi connectivity index (χ4n) is 4.32. The van der Waals surface area contributed by atoms with Crippen LogP contribution in [-0.4, -0.2) is 57.0 Å². The summed E-state index contributed by atoms with van der Waals surface area (Å²) in [5.41, 5.74) is 1.44. The second-order valence-electron chi connectivity index (χ2n) is 9.07. The first-order valence-electron chi connectivity index (χ1n) is 10.5. The van der Waals surface area contributed by atoms with E-state index in [0.717, 1.165) is 36.2 Å². The fourth-order valence-corrected chi connectivity index (χ4v) is 4.32. The molecule has 1 aromatic heterocycles. The van der Waals surface area contributed by atoms with E-state index in [0.29, 0.717) is 25.9 Å². The van der Waals surface area contributed by atoms with E-state index in [1.54, 1.807) is 4.90 Å². The molecule has 0 aliphatic carbocycles. The van der Waals surface area contributed by atoms with Crippen LogP contribution < -0.4 is 0 Å². The third-order valence-electron chi connectivity index (χ3n) is 5.76. The van der Waals surface area contributed by atoms with Crippen LogP contribution in [0, 0.1) is 5.92 Å². The van der Waals surface area contributed by atoms with Crippen molar-refractivity contribution in [3.63, 3.8) is 0 Å². The molecule has 2 amide bonds. The van der Waals surface area contributed by atoms with Crippen molar-refractivity contribution in [1.82, 2.24) is 19.8 Å². The Kier molecular flexibility index (Phi) is 5.23. The van der Waals surface area contributed by atoms with Crippen molar-refractivity contribution in [1.29, 1.82) is 0 Å². The van der Waals surface area contributed by atoms with Crippen molar-refractivity contribution in [3.8, 4) is 0 Å². The van der Waals surface area contributed by atoms with Gasteiger partial charge in [0.2, 0.25) is 5.91 Å². The van der Waals surface area contributed by atoms with E-state index in [9.17, 15) is 9.59 Å². The molecule has 0 radical (unpaired) electrons. The number of H-pyrrole nitrogens is 1. The number of nitrogens with zero attached hydrogens (tertiary/aromatic N) is 3. The van der Waals surface area contributed by atoms with Gasteiger partial charge in [0.1, 0.15) is 11.4 Å². The number of nitrogens with one attached hydrogen (secondary N) is 1. The zero-order valence-corrected chi connectivity index (χ0v) is 17.5. The van der Waals surface area contributed by atoms with Gasteiger partial charge in [-0.3, -0.25) is 4.79 Å². The van der Waals surface area contributed by atoms with Crippen LogP contribution in [-0.2, 0) is 9.53 Å². The van der Waals surface area contributed by atoms with Crippen LogP contribution in [0.2, 0.25) is 0 Å². The number of imidazole rings is 1. The summed E-state index contributed by atoms with van der Waals surface area (Å²) >= 11 is 0. The number of hydrogen-bond acceptors (Lipinski definition) is 4.